The van der Waals surface area contributed by atoms with Gasteiger partial charge in [0.25, 0.3) is 5.91 Å². The summed E-state index contributed by atoms with van der Waals surface area (Å²) in [6.07, 6.45) is 1.73. The van der Waals surface area contributed by atoms with Crippen LogP contribution in [0, 0.1) is 0 Å². The van der Waals surface area contributed by atoms with Gasteiger partial charge in [0, 0.05) is 23.5 Å². The third kappa shape index (κ3) is 3.32. The van der Waals surface area contributed by atoms with Gasteiger partial charge in [0.15, 0.2) is 0 Å². The molecule has 2 aromatic carbocycles. The number of ketones is 1. The Balaban J connectivity index is 1.80. The van der Waals surface area contributed by atoms with E-state index in [1.807, 2.05) is 6.07 Å². The number of rotatable bonds is 5. The van der Waals surface area contributed by atoms with Crippen LogP contribution < -0.4 is 15.8 Å². The van der Waals surface area contributed by atoms with Gasteiger partial charge < -0.3 is 20.2 Å². The standard InChI is InChI=1S/C23H19N3O3/c1-29-17-11-7-10-16(14-17)25-23(28)19-18-12-5-6-13-26(18)21(20(19)24)22(27)15-8-3-2-4-9-15/h2-14H,24H2,1H3,(H,25,28). The smallest absolute Gasteiger partial charge is 0.259 e. The Morgan fingerprint density at radius 2 is 1.72 bits per heavy atom. The fourth-order valence-corrected chi connectivity index (χ4v) is 3.32. The molecule has 0 unspecified atom stereocenters. The van der Waals surface area contributed by atoms with Gasteiger partial charge in [-0.25, -0.2) is 0 Å². The SMILES string of the molecule is COc1cccc(NC(=O)c2c(N)c(C(=O)c3ccccc3)n3ccccc23)c1. The van der Waals surface area contributed by atoms with E-state index < -0.39 is 5.91 Å². The predicted molar refractivity (Wildman–Crippen MR) is 113 cm³/mol. The minimum Gasteiger partial charge on any atom is -0.497 e. The number of ether oxygens (including phenoxy) is 1. The number of methoxy groups -OCH3 is 1. The number of pyridine rings is 1. The molecule has 4 rings (SSSR count). The molecular weight excluding hydrogens is 366 g/mol. The van der Waals surface area contributed by atoms with Crippen molar-refractivity contribution in [3.8, 4) is 5.75 Å². The Morgan fingerprint density at radius 1 is 0.966 bits per heavy atom. The van der Waals surface area contributed by atoms with Crippen LogP contribution in [0.2, 0.25) is 0 Å². The summed E-state index contributed by atoms with van der Waals surface area (Å²) in [6, 6.07) is 21.2. The predicted octanol–water partition coefficient (Wildman–Crippen LogP) is 4.01. The highest BCUT2D eigenvalue weighted by atomic mass is 16.5. The van der Waals surface area contributed by atoms with Gasteiger partial charge in [-0.15, -0.1) is 0 Å². The van der Waals surface area contributed by atoms with Crippen LogP contribution in [-0.4, -0.2) is 23.2 Å². The molecule has 2 heterocycles. The van der Waals surface area contributed by atoms with E-state index in [0.29, 0.717) is 22.5 Å². The molecule has 0 fully saturated rings. The van der Waals surface area contributed by atoms with Crippen LogP contribution in [0.1, 0.15) is 26.4 Å². The first-order chi connectivity index (χ1) is 14.1. The third-order valence-electron chi connectivity index (χ3n) is 4.69. The number of nitrogen functional groups attached to an aromatic ring is 1. The van der Waals surface area contributed by atoms with Gasteiger partial charge in [0.2, 0.25) is 5.78 Å². The molecule has 6 heteroatoms. The van der Waals surface area contributed by atoms with Gasteiger partial charge in [-0.05, 0) is 24.3 Å². The highest BCUT2D eigenvalue weighted by Crippen LogP contribution is 2.29. The second-order valence-electron chi connectivity index (χ2n) is 6.47. The number of anilines is 2. The summed E-state index contributed by atoms with van der Waals surface area (Å²) in [7, 11) is 1.56. The Kier molecular flexibility index (Phi) is 4.75. The summed E-state index contributed by atoms with van der Waals surface area (Å²) in [4.78, 5) is 26.2. The molecule has 0 aliphatic heterocycles. The molecule has 2 aromatic heterocycles. The third-order valence-corrected chi connectivity index (χ3v) is 4.69. The van der Waals surface area contributed by atoms with E-state index in [2.05, 4.69) is 5.32 Å². The molecule has 1 amide bonds. The first-order valence-corrected chi connectivity index (χ1v) is 9.04. The number of benzene rings is 2. The molecule has 29 heavy (non-hydrogen) atoms. The molecule has 0 saturated heterocycles. The number of nitrogens with zero attached hydrogens (tertiary/aromatic N) is 1. The lowest BCUT2D eigenvalue weighted by Gasteiger charge is -2.07. The van der Waals surface area contributed by atoms with Crippen molar-refractivity contribution < 1.29 is 14.3 Å². The van der Waals surface area contributed by atoms with Gasteiger partial charge in [-0.2, -0.15) is 0 Å². The second kappa shape index (κ2) is 7.52. The minimum atomic E-state index is -0.397. The Morgan fingerprint density at radius 3 is 2.48 bits per heavy atom. The van der Waals surface area contributed by atoms with E-state index in [-0.39, 0.29) is 22.7 Å². The molecule has 4 aromatic rings. The van der Waals surface area contributed by atoms with Crippen LogP contribution in [0.5, 0.6) is 5.75 Å². The van der Waals surface area contributed by atoms with Gasteiger partial charge in [0.05, 0.1) is 23.9 Å². The van der Waals surface area contributed by atoms with Crippen molar-refractivity contribution in [2.45, 2.75) is 0 Å². The quantitative estimate of drug-likeness (QED) is 0.508. The summed E-state index contributed by atoms with van der Waals surface area (Å²) in [5, 5.41) is 2.83. The maximum absolute atomic E-state index is 13.1. The number of aromatic nitrogens is 1. The van der Waals surface area contributed by atoms with Crippen LogP contribution in [-0.2, 0) is 0 Å². The molecule has 0 atom stereocenters. The van der Waals surface area contributed by atoms with Crippen molar-refractivity contribution in [1.82, 2.24) is 4.40 Å². The molecule has 0 radical (unpaired) electrons. The van der Waals surface area contributed by atoms with Crippen molar-refractivity contribution in [2.24, 2.45) is 0 Å². The van der Waals surface area contributed by atoms with Gasteiger partial charge in [-0.3, -0.25) is 9.59 Å². The monoisotopic (exact) mass is 385 g/mol. The number of nitrogens with one attached hydrogen (secondary N) is 1. The highest BCUT2D eigenvalue weighted by Gasteiger charge is 2.26. The first-order valence-electron chi connectivity index (χ1n) is 9.04. The molecular formula is C23H19N3O3. The number of carbonyl (C=O) groups excluding carboxylic acids is 2. The zero-order chi connectivity index (χ0) is 20.4. The summed E-state index contributed by atoms with van der Waals surface area (Å²) in [6.45, 7) is 0. The van der Waals surface area contributed by atoms with Crippen molar-refractivity contribution in [2.75, 3.05) is 18.2 Å². The number of hydrogen-bond donors (Lipinski definition) is 2. The highest BCUT2D eigenvalue weighted by molar-refractivity contribution is 6.20. The molecule has 0 aliphatic rings. The van der Waals surface area contributed by atoms with Crippen molar-refractivity contribution in [1.29, 1.82) is 0 Å². The van der Waals surface area contributed by atoms with Gasteiger partial charge in [0.1, 0.15) is 11.4 Å². The van der Waals surface area contributed by atoms with Gasteiger partial charge >= 0.3 is 0 Å². The van der Waals surface area contributed by atoms with E-state index in [1.165, 1.54) is 0 Å². The Bertz CT molecular complexity index is 1210. The number of hydrogen-bond acceptors (Lipinski definition) is 4. The zero-order valence-corrected chi connectivity index (χ0v) is 15.8. The number of amides is 1. The van der Waals surface area contributed by atoms with E-state index in [1.54, 1.807) is 84.4 Å². The lowest BCUT2D eigenvalue weighted by molar-refractivity contribution is 0.102. The minimum absolute atomic E-state index is 0.144. The Labute approximate surface area is 167 Å². The van der Waals surface area contributed by atoms with Crippen LogP contribution in [0.4, 0.5) is 11.4 Å². The fraction of sp³-hybridized carbons (Fsp3) is 0.0435. The number of nitrogens with two attached hydrogens (primary N) is 1. The van der Waals surface area contributed by atoms with Crippen molar-refractivity contribution in [3.63, 3.8) is 0 Å². The van der Waals surface area contributed by atoms with E-state index in [0.717, 1.165) is 0 Å². The lowest BCUT2D eigenvalue weighted by atomic mass is 10.1. The summed E-state index contributed by atoms with van der Waals surface area (Å²) >= 11 is 0. The van der Waals surface area contributed by atoms with Crippen molar-refractivity contribution in [3.05, 3.63) is 95.8 Å². The molecule has 0 aliphatic carbocycles. The summed E-state index contributed by atoms with van der Waals surface area (Å²) < 4.78 is 6.85. The largest absolute Gasteiger partial charge is 0.497 e. The average molecular weight is 385 g/mol. The Hall–Kier alpha value is -4.06. The summed E-state index contributed by atoms with van der Waals surface area (Å²) in [5.41, 5.74) is 8.64. The molecule has 0 spiro atoms. The van der Waals surface area contributed by atoms with Crippen LogP contribution in [0.3, 0.4) is 0 Å². The maximum Gasteiger partial charge on any atom is 0.259 e. The second-order valence-corrected chi connectivity index (χ2v) is 6.47. The van der Waals surface area contributed by atoms with E-state index in [9.17, 15) is 9.59 Å². The maximum atomic E-state index is 13.1. The molecule has 3 N–H and O–H groups in total. The van der Waals surface area contributed by atoms with Crippen molar-refractivity contribution >= 4 is 28.6 Å². The summed E-state index contributed by atoms with van der Waals surface area (Å²) in [5.74, 6) is -0.0197. The lowest BCUT2D eigenvalue weighted by Crippen LogP contribution is -2.14. The zero-order valence-electron chi connectivity index (χ0n) is 15.8. The molecule has 6 nitrogen and oxygen atoms in total. The van der Waals surface area contributed by atoms with Crippen LogP contribution in [0.25, 0.3) is 5.52 Å². The molecule has 0 bridgehead atoms. The fourth-order valence-electron chi connectivity index (χ4n) is 3.32. The van der Waals surface area contributed by atoms with E-state index >= 15 is 0 Å². The van der Waals surface area contributed by atoms with Crippen LogP contribution >= 0.6 is 0 Å². The van der Waals surface area contributed by atoms with Gasteiger partial charge in [-0.1, -0.05) is 42.5 Å². The number of carbonyl (C=O) groups is 2. The van der Waals surface area contributed by atoms with E-state index in [4.69, 9.17) is 10.5 Å². The topological polar surface area (TPSA) is 85.8 Å². The number of fused-ring (bicyclic) bond motifs is 1. The molecule has 144 valence electrons. The normalized spacial score (nSPS) is 10.7. The average Bonchev–Trinajstić information content (AvgIpc) is 3.05. The molecule has 0 saturated carbocycles. The van der Waals surface area contributed by atoms with Crippen LogP contribution in [0.15, 0.2) is 79.0 Å². The first kappa shape index (κ1) is 18.3.